The fourth-order valence-corrected chi connectivity index (χ4v) is 4.55. The summed E-state index contributed by atoms with van der Waals surface area (Å²) in [5.74, 6) is 0.713. The molecular weight excluding hydrogens is 340 g/mol. The fourth-order valence-electron chi connectivity index (χ4n) is 2.98. The van der Waals surface area contributed by atoms with Crippen LogP contribution < -0.4 is 5.32 Å². The molecule has 0 spiro atoms. The van der Waals surface area contributed by atoms with Crippen molar-refractivity contribution in [3.05, 3.63) is 53.5 Å². The van der Waals surface area contributed by atoms with Gasteiger partial charge in [0.05, 0.1) is 4.90 Å². The van der Waals surface area contributed by atoms with Crippen molar-refractivity contribution in [2.24, 2.45) is 0 Å². The highest BCUT2D eigenvalue weighted by Gasteiger charge is 2.30. The van der Waals surface area contributed by atoms with Crippen LogP contribution in [0, 0.1) is 13.8 Å². The summed E-state index contributed by atoms with van der Waals surface area (Å²) in [6.45, 7) is 4.43. The van der Waals surface area contributed by atoms with E-state index in [9.17, 15) is 13.2 Å². The maximum atomic E-state index is 12.7. The van der Waals surface area contributed by atoms with Crippen molar-refractivity contribution >= 4 is 15.9 Å². The Labute approximate surface area is 147 Å². The standard InChI is InChI=1S/C18H22N2O4S/c1-13-4-3-5-16(12-13)25(22,23)20-10-8-15(9-11-20)19-18(21)17-7-6-14(2)24-17/h3-7,12,15H,8-11H2,1-2H3,(H,19,21). The van der Waals surface area contributed by atoms with Crippen molar-refractivity contribution in [3.63, 3.8) is 0 Å². The number of hydrogen-bond acceptors (Lipinski definition) is 4. The molecule has 6 nitrogen and oxygen atoms in total. The van der Waals surface area contributed by atoms with Gasteiger partial charge in [-0.25, -0.2) is 8.42 Å². The van der Waals surface area contributed by atoms with Crippen LogP contribution in [0.1, 0.15) is 34.7 Å². The molecule has 1 aromatic carbocycles. The van der Waals surface area contributed by atoms with Crippen LogP contribution in [0.2, 0.25) is 0 Å². The van der Waals surface area contributed by atoms with Gasteiger partial charge in [0.2, 0.25) is 10.0 Å². The van der Waals surface area contributed by atoms with Crippen LogP contribution in [-0.4, -0.2) is 37.8 Å². The molecule has 1 amide bonds. The highest BCUT2D eigenvalue weighted by atomic mass is 32.2. The Morgan fingerprint density at radius 2 is 1.88 bits per heavy atom. The van der Waals surface area contributed by atoms with Gasteiger partial charge in [-0.2, -0.15) is 4.31 Å². The molecule has 1 aromatic heterocycles. The summed E-state index contributed by atoms with van der Waals surface area (Å²) in [6, 6.07) is 10.3. The number of nitrogens with one attached hydrogen (secondary N) is 1. The Balaban J connectivity index is 1.61. The predicted octanol–water partition coefficient (Wildman–Crippen LogP) is 2.48. The molecular formula is C18H22N2O4S. The lowest BCUT2D eigenvalue weighted by molar-refractivity contribution is 0.0894. The fraction of sp³-hybridized carbons (Fsp3) is 0.389. The molecule has 7 heteroatoms. The molecule has 0 atom stereocenters. The smallest absolute Gasteiger partial charge is 0.287 e. The normalized spacial score (nSPS) is 16.7. The lowest BCUT2D eigenvalue weighted by atomic mass is 10.1. The van der Waals surface area contributed by atoms with Crippen molar-refractivity contribution in [1.82, 2.24) is 9.62 Å². The number of amides is 1. The number of furan rings is 1. The summed E-state index contributed by atoms with van der Waals surface area (Å²) in [5.41, 5.74) is 0.914. The van der Waals surface area contributed by atoms with Crippen molar-refractivity contribution in [1.29, 1.82) is 0 Å². The van der Waals surface area contributed by atoms with Crippen molar-refractivity contribution in [3.8, 4) is 0 Å². The van der Waals surface area contributed by atoms with Crippen molar-refractivity contribution in [2.75, 3.05) is 13.1 Å². The van der Waals surface area contributed by atoms with Gasteiger partial charge in [-0.15, -0.1) is 0 Å². The average Bonchev–Trinajstić information content (AvgIpc) is 3.02. The number of hydrogen-bond donors (Lipinski definition) is 1. The van der Waals surface area contributed by atoms with Crippen LogP contribution in [-0.2, 0) is 10.0 Å². The largest absolute Gasteiger partial charge is 0.456 e. The van der Waals surface area contributed by atoms with Crippen LogP contribution in [0.3, 0.4) is 0 Å². The summed E-state index contributed by atoms with van der Waals surface area (Å²) in [5, 5.41) is 2.92. The molecule has 2 heterocycles. The van der Waals surface area contributed by atoms with E-state index in [4.69, 9.17) is 4.42 Å². The topological polar surface area (TPSA) is 79.6 Å². The van der Waals surface area contributed by atoms with E-state index in [-0.39, 0.29) is 17.7 Å². The quantitative estimate of drug-likeness (QED) is 0.906. The SMILES string of the molecule is Cc1cccc(S(=O)(=O)N2CCC(NC(=O)c3ccc(C)o3)CC2)c1. The minimum absolute atomic E-state index is 0.0538. The number of rotatable bonds is 4. The van der Waals surface area contributed by atoms with Crippen LogP contribution >= 0.6 is 0 Å². The maximum Gasteiger partial charge on any atom is 0.287 e. The van der Waals surface area contributed by atoms with Gasteiger partial charge in [0.15, 0.2) is 5.76 Å². The molecule has 134 valence electrons. The first-order valence-electron chi connectivity index (χ1n) is 8.30. The van der Waals surface area contributed by atoms with Crippen molar-refractivity contribution in [2.45, 2.75) is 37.6 Å². The molecule has 1 N–H and O–H groups in total. The van der Waals surface area contributed by atoms with Crippen LogP contribution in [0.25, 0.3) is 0 Å². The number of carbonyl (C=O) groups is 1. The zero-order valence-corrected chi connectivity index (χ0v) is 15.2. The summed E-state index contributed by atoms with van der Waals surface area (Å²) in [4.78, 5) is 12.4. The third-order valence-corrected chi connectivity index (χ3v) is 6.28. The van der Waals surface area contributed by atoms with Crippen LogP contribution in [0.15, 0.2) is 45.7 Å². The molecule has 0 bridgehead atoms. The van der Waals surface area contributed by atoms with Gasteiger partial charge in [0.1, 0.15) is 5.76 Å². The molecule has 1 fully saturated rings. The molecule has 1 saturated heterocycles. The van der Waals surface area contributed by atoms with Gasteiger partial charge in [-0.05, 0) is 56.5 Å². The average molecular weight is 362 g/mol. The minimum Gasteiger partial charge on any atom is -0.456 e. The van der Waals surface area contributed by atoms with Crippen LogP contribution in [0.4, 0.5) is 0 Å². The second-order valence-electron chi connectivity index (χ2n) is 6.38. The zero-order valence-electron chi connectivity index (χ0n) is 14.4. The second kappa shape index (κ2) is 7.01. The molecule has 0 aliphatic carbocycles. The number of benzene rings is 1. The number of aryl methyl sites for hydroxylation is 2. The van der Waals surface area contributed by atoms with E-state index in [1.54, 1.807) is 37.3 Å². The van der Waals surface area contributed by atoms with E-state index in [0.29, 0.717) is 36.6 Å². The van der Waals surface area contributed by atoms with Gasteiger partial charge >= 0.3 is 0 Å². The van der Waals surface area contributed by atoms with E-state index in [1.165, 1.54) is 4.31 Å². The molecule has 1 aliphatic rings. The third-order valence-electron chi connectivity index (χ3n) is 4.38. The monoisotopic (exact) mass is 362 g/mol. The van der Waals surface area contributed by atoms with E-state index in [2.05, 4.69) is 5.32 Å². The number of sulfonamides is 1. The first-order chi connectivity index (χ1) is 11.9. The number of piperidine rings is 1. The van der Waals surface area contributed by atoms with Gasteiger partial charge < -0.3 is 9.73 Å². The Kier molecular flexibility index (Phi) is 4.96. The van der Waals surface area contributed by atoms with Gasteiger partial charge in [-0.1, -0.05) is 12.1 Å². The molecule has 0 saturated carbocycles. The molecule has 2 aromatic rings. The van der Waals surface area contributed by atoms with Gasteiger partial charge in [-0.3, -0.25) is 4.79 Å². The Morgan fingerprint density at radius 3 is 2.48 bits per heavy atom. The minimum atomic E-state index is -3.48. The van der Waals surface area contributed by atoms with Gasteiger partial charge in [0.25, 0.3) is 5.91 Å². The second-order valence-corrected chi connectivity index (χ2v) is 8.32. The summed E-state index contributed by atoms with van der Waals surface area (Å²) in [6.07, 6.45) is 1.16. The summed E-state index contributed by atoms with van der Waals surface area (Å²) >= 11 is 0. The molecule has 1 aliphatic heterocycles. The number of carbonyl (C=O) groups excluding carboxylic acids is 1. The molecule has 0 unspecified atom stereocenters. The third kappa shape index (κ3) is 3.93. The maximum absolute atomic E-state index is 12.7. The lowest BCUT2D eigenvalue weighted by Gasteiger charge is -2.31. The van der Waals surface area contributed by atoms with E-state index in [0.717, 1.165) is 5.56 Å². The van der Waals surface area contributed by atoms with Crippen LogP contribution in [0.5, 0.6) is 0 Å². The van der Waals surface area contributed by atoms with Crippen molar-refractivity contribution < 1.29 is 17.6 Å². The highest BCUT2D eigenvalue weighted by molar-refractivity contribution is 7.89. The Bertz CT molecular complexity index is 865. The Hall–Kier alpha value is -2.12. The summed E-state index contributed by atoms with van der Waals surface area (Å²) in [7, 11) is -3.48. The van der Waals surface area contributed by atoms with Gasteiger partial charge in [0, 0.05) is 19.1 Å². The number of nitrogens with zero attached hydrogens (tertiary/aromatic N) is 1. The first-order valence-corrected chi connectivity index (χ1v) is 9.74. The zero-order chi connectivity index (χ0) is 18.0. The Morgan fingerprint density at radius 1 is 1.16 bits per heavy atom. The van der Waals surface area contributed by atoms with E-state index < -0.39 is 10.0 Å². The van der Waals surface area contributed by atoms with E-state index >= 15 is 0 Å². The first kappa shape index (κ1) is 17.7. The van der Waals surface area contributed by atoms with E-state index in [1.807, 2.05) is 13.0 Å². The molecule has 0 radical (unpaired) electrons. The highest BCUT2D eigenvalue weighted by Crippen LogP contribution is 2.21. The lowest BCUT2D eigenvalue weighted by Crippen LogP contribution is -2.46. The predicted molar refractivity (Wildman–Crippen MR) is 93.9 cm³/mol. The summed E-state index contributed by atoms with van der Waals surface area (Å²) < 4.78 is 32.2. The molecule has 25 heavy (non-hydrogen) atoms. The molecule has 3 rings (SSSR count).